The summed E-state index contributed by atoms with van der Waals surface area (Å²) in [7, 11) is 0. The molecule has 0 spiro atoms. The van der Waals surface area contributed by atoms with Gasteiger partial charge in [0.2, 0.25) is 11.8 Å². The van der Waals surface area contributed by atoms with E-state index >= 15 is 0 Å². The topological polar surface area (TPSA) is 87.2 Å². The molecule has 3 atom stereocenters. The summed E-state index contributed by atoms with van der Waals surface area (Å²) in [4.78, 5) is 43.3. The van der Waals surface area contributed by atoms with Gasteiger partial charge in [-0.2, -0.15) is 0 Å². The van der Waals surface area contributed by atoms with Crippen molar-refractivity contribution in [3.63, 3.8) is 0 Å². The number of fused-ring (bicyclic) bond motifs is 1. The van der Waals surface area contributed by atoms with Gasteiger partial charge in [-0.3, -0.25) is 14.4 Å². The van der Waals surface area contributed by atoms with Crippen LogP contribution in [0.4, 0.5) is 4.39 Å². The molecule has 4 rings (SSSR count). The van der Waals surface area contributed by atoms with Crippen molar-refractivity contribution in [1.29, 1.82) is 0 Å². The lowest BCUT2D eigenvalue weighted by atomic mass is 9.94. The molecule has 2 aliphatic heterocycles. The van der Waals surface area contributed by atoms with Gasteiger partial charge in [0.1, 0.15) is 12.4 Å². The highest BCUT2D eigenvalue weighted by molar-refractivity contribution is 5.86. The first-order chi connectivity index (χ1) is 18.9. The molecule has 0 unspecified atom stereocenters. The SMILES string of the molecule is O=C1OC[C@@H]2CCCN2C(=O)[C@H](CC(=O)N(CCO)Cc2ccccc2)C/C=C\C[C@H]1Cc1ccc(F)cc1. The molecule has 0 aromatic heterocycles. The summed E-state index contributed by atoms with van der Waals surface area (Å²) < 4.78 is 19.0. The van der Waals surface area contributed by atoms with Crippen LogP contribution in [0.15, 0.2) is 66.7 Å². The number of aliphatic hydroxyl groups is 1. The van der Waals surface area contributed by atoms with Gasteiger partial charge in [0, 0.05) is 26.1 Å². The lowest BCUT2D eigenvalue weighted by Crippen LogP contribution is -2.44. The van der Waals surface area contributed by atoms with Gasteiger partial charge >= 0.3 is 5.97 Å². The summed E-state index contributed by atoms with van der Waals surface area (Å²) in [6.45, 7) is 1.09. The van der Waals surface area contributed by atoms with Gasteiger partial charge in [0.15, 0.2) is 0 Å². The Bertz CT molecular complexity index is 1140. The van der Waals surface area contributed by atoms with Crippen molar-refractivity contribution < 1.29 is 28.6 Å². The average Bonchev–Trinajstić information content (AvgIpc) is 3.41. The van der Waals surface area contributed by atoms with Crippen LogP contribution in [0.2, 0.25) is 0 Å². The summed E-state index contributed by atoms with van der Waals surface area (Å²) in [6, 6.07) is 15.5. The van der Waals surface area contributed by atoms with Crippen molar-refractivity contribution in [2.75, 3.05) is 26.3 Å². The Morgan fingerprint density at radius 2 is 1.72 bits per heavy atom. The smallest absolute Gasteiger partial charge is 0.309 e. The fraction of sp³-hybridized carbons (Fsp3) is 0.452. The van der Waals surface area contributed by atoms with Gasteiger partial charge in [0.05, 0.1) is 24.5 Å². The molecule has 2 aliphatic rings. The third-order valence-electron chi connectivity index (χ3n) is 7.52. The molecule has 0 bridgehead atoms. The maximum Gasteiger partial charge on any atom is 0.309 e. The lowest BCUT2D eigenvalue weighted by Gasteiger charge is -2.30. The second kappa shape index (κ2) is 14.0. The number of rotatable bonds is 8. The number of amides is 2. The van der Waals surface area contributed by atoms with E-state index in [2.05, 4.69) is 0 Å². The van der Waals surface area contributed by atoms with Crippen LogP contribution in [0.5, 0.6) is 0 Å². The first-order valence-corrected chi connectivity index (χ1v) is 13.7. The van der Waals surface area contributed by atoms with Crippen LogP contribution in [0, 0.1) is 17.7 Å². The minimum atomic E-state index is -0.544. The number of aliphatic hydroxyl groups excluding tert-OH is 1. The van der Waals surface area contributed by atoms with E-state index in [1.165, 1.54) is 12.1 Å². The largest absolute Gasteiger partial charge is 0.463 e. The lowest BCUT2D eigenvalue weighted by molar-refractivity contribution is -0.152. The Labute approximate surface area is 229 Å². The van der Waals surface area contributed by atoms with E-state index in [0.29, 0.717) is 32.4 Å². The van der Waals surface area contributed by atoms with Crippen LogP contribution in [0.1, 0.15) is 43.2 Å². The molecule has 2 aromatic rings. The third kappa shape index (κ3) is 7.99. The number of nitrogens with zero attached hydrogens (tertiary/aromatic N) is 2. The van der Waals surface area contributed by atoms with Crippen LogP contribution >= 0.6 is 0 Å². The molecular formula is C31H37FN2O5. The fourth-order valence-corrected chi connectivity index (χ4v) is 5.35. The van der Waals surface area contributed by atoms with E-state index < -0.39 is 11.8 Å². The van der Waals surface area contributed by atoms with E-state index in [9.17, 15) is 23.9 Å². The molecule has 2 heterocycles. The Hall–Kier alpha value is -3.52. The van der Waals surface area contributed by atoms with Gasteiger partial charge in [-0.15, -0.1) is 0 Å². The van der Waals surface area contributed by atoms with Crippen LogP contribution in [0.25, 0.3) is 0 Å². The standard InChI is InChI=1S/C31H37FN2O5/c32-27-14-12-23(13-15-27)19-26-10-5-4-9-25(30(37)34-16-6-11-28(34)22-39-31(26)38)20-29(36)33(17-18-35)21-24-7-2-1-3-8-24/h1-5,7-8,12-15,25-26,28,35H,6,9-11,16-22H2/b5-4-/t25-,26-,28-/m0/s1. The molecular weight excluding hydrogens is 499 g/mol. The number of esters is 1. The first-order valence-electron chi connectivity index (χ1n) is 13.7. The summed E-state index contributed by atoms with van der Waals surface area (Å²) >= 11 is 0. The molecule has 39 heavy (non-hydrogen) atoms. The highest BCUT2D eigenvalue weighted by Gasteiger charge is 2.35. The maximum atomic E-state index is 13.6. The molecule has 7 nitrogen and oxygen atoms in total. The third-order valence-corrected chi connectivity index (χ3v) is 7.52. The van der Waals surface area contributed by atoms with Crippen LogP contribution in [-0.4, -0.2) is 65.0 Å². The minimum absolute atomic E-state index is 0.0397. The van der Waals surface area contributed by atoms with Gasteiger partial charge in [-0.25, -0.2) is 4.39 Å². The predicted molar refractivity (Wildman–Crippen MR) is 145 cm³/mol. The number of ether oxygens (including phenoxy) is 1. The number of hydrogen-bond acceptors (Lipinski definition) is 5. The van der Waals surface area contributed by atoms with Crippen LogP contribution in [-0.2, 0) is 32.1 Å². The van der Waals surface area contributed by atoms with Gasteiger partial charge in [0.25, 0.3) is 0 Å². The van der Waals surface area contributed by atoms with Crippen LogP contribution in [0.3, 0.4) is 0 Å². The van der Waals surface area contributed by atoms with Crippen molar-refractivity contribution in [2.45, 2.75) is 51.1 Å². The van der Waals surface area contributed by atoms with Crippen molar-refractivity contribution in [2.24, 2.45) is 11.8 Å². The van der Waals surface area contributed by atoms with E-state index in [1.807, 2.05) is 42.5 Å². The second-order valence-corrected chi connectivity index (χ2v) is 10.4. The summed E-state index contributed by atoms with van der Waals surface area (Å²) in [5, 5.41) is 9.58. The number of cyclic esters (lactones) is 1. The number of hydrogen-bond donors (Lipinski definition) is 1. The van der Waals surface area contributed by atoms with Crippen molar-refractivity contribution >= 4 is 17.8 Å². The normalized spacial score (nSPS) is 22.8. The Balaban J connectivity index is 1.50. The highest BCUT2D eigenvalue weighted by atomic mass is 19.1. The summed E-state index contributed by atoms with van der Waals surface area (Å²) in [5.74, 6) is -1.90. The van der Waals surface area contributed by atoms with E-state index in [1.54, 1.807) is 21.9 Å². The van der Waals surface area contributed by atoms with Crippen molar-refractivity contribution in [3.8, 4) is 0 Å². The summed E-state index contributed by atoms with van der Waals surface area (Å²) in [5.41, 5.74) is 1.81. The van der Waals surface area contributed by atoms with Crippen molar-refractivity contribution in [3.05, 3.63) is 83.7 Å². The predicted octanol–water partition coefficient (Wildman–Crippen LogP) is 3.90. The number of halogens is 1. The van der Waals surface area contributed by atoms with E-state index in [-0.39, 0.29) is 55.8 Å². The highest BCUT2D eigenvalue weighted by Crippen LogP contribution is 2.26. The Morgan fingerprint density at radius 1 is 1.00 bits per heavy atom. The minimum Gasteiger partial charge on any atom is -0.463 e. The number of benzene rings is 2. The zero-order valence-corrected chi connectivity index (χ0v) is 22.2. The quantitative estimate of drug-likeness (QED) is 0.409. The maximum absolute atomic E-state index is 13.6. The van der Waals surface area contributed by atoms with E-state index in [0.717, 1.165) is 24.0 Å². The zero-order valence-electron chi connectivity index (χ0n) is 22.2. The summed E-state index contributed by atoms with van der Waals surface area (Å²) in [6.07, 6.45) is 6.57. The van der Waals surface area contributed by atoms with Gasteiger partial charge in [-0.05, 0) is 55.4 Å². The molecule has 1 N–H and O–H groups in total. The fourth-order valence-electron chi connectivity index (χ4n) is 5.35. The molecule has 2 amide bonds. The van der Waals surface area contributed by atoms with Gasteiger partial charge in [-0.1, -0.05) is 54.6 Å². The number of carbonyl (C=O) groups is 3. The monoisotopic (exact) mass is 536 g/mol. The van der Waals surface area contributed by atoms with E-state index in [4.69, 9.17) is 4.74 Å². The molecule has 1 saturated heterocycles. The zero-order chi connectivity index (χ0) is 27.6. The molecule has 208 valence electrons. The molecule has 0 saturated carbocycles. The Kier molecular flexibility index (Phi) is 10.3. The molecule has 0 aliphatic carbocycles. The number of carbonyl (C=O) groups excluding carboxylic acids is 3. The number of allylic oxidation sites excluding steroid dienone is 2. The second-order valence-electron chi connectivity index (χ2n) is 10.4. The molecule has 2 aromatic carbocycles. The molecule has 0 radical (unpaired) electrons. The molecule has 1 fully saturated rings. The average molecular weight is 537 g/mol. The first kappa shape index (κ1) is 28.5. The molecule has 8 heteroatoms. The Morgan fingerprint density at radius 3 is 2.44 bits per heavy atom. The van der Waals surface area contributed by atoms with Gasteiger partial charge < -0.3 is 19.6 Å². The van der Waals surface area contributed by atoms with Crippen LogP contribution < -0.4 is 0 Å². The van der Waals surface area contributed by atoms with Crippen molar-refractivity contribution in [1.82, 2.24) is 9.80 Å².